The zero-order chi connectivity index (χ0) is 18.5. The van der Waals surface area contributed by atoms with Crippen LogP contribution in [0.3, 0.4) is 0 Å². The van der Waals surface area contributed by atoms with Crippen molar-refractivity contribution >= 4 is 5.97 Å². The minimum atomic E-state index is -0.247. The second-order valence-corrected chi connectivity index (χ2v) is 6.56. The zero-order valence-electron chi connectivity index (χ0n) is 15.0. The van der Waals surface area contributed by atoms with Gasteiger partial charge >= 0.3 is 5.97 Å². The lowest BCUT2D eigenvalue weighted by Crippen LogP contribution is -2.18. The topological polar surface area (TPSA) is 38.3 Å². The number of hydrogen-bond donors (Lipinski definition) is 1. The summed E-state index contributed by atoms with van der Waals surface area (Å²) in [5.41, 5.74) is 4.89. The van der Waals surface area contributed by atoms with Gasteiger partial charge in [0.25, 0.3) is 0 Å². The lowest BCUT2D eigenvalue weighted by Gasteiger charge is -2.19. The number of benzene rings is 3. The van der Waals surface area contributed by atoms with E-state index in [4.69, 9.17) is 4.74 Å². The molecular formula is C24H21NO2. The Kier molecular flexibility index (Phi) is 5.01. The van der Waals surface area contributed by atoms with Gasteiger partial charge in [-0.2, -0.15) is 0 Å². The Morgan fingerprint density at radius 2 is 1.30 bits per heavy atom. The summed E-state index contributed by atoms with van der Waals surface area (Å²) in [6, 6.07) is 30.4. The highest BCUT2D eigenvalue weighted by atomic mass is 16.5. The fraction of sp³-hybridized carbons (Fsp3) is 0.125. The molecule has 1 N–H and O–H groups in total. The van der Waals surface area contributed by atoms with Crippen LogP contribution in [-0.4, -0.2) is 12.6 Å². The quantitative estimate of drug-likeness (QED) is 0.665. The Balaban J connectivity index is 1.73. The van der Waals surface area contributed by atoms with E-state index in [9.17, 15) is 4.79 Å². The first-order valence-electron chi connectivity index (χ1n) is 9.11. The van der Waals surface area contributed by atoms with Gasteiger partial charge in [-0.15, -0.1) is 0 Å². The molecule has 3 aromatic carbocycles. The number of nitrogens with one attached hydrogen (secondary N) is 1. The predicted molar refractivity (Wildman–Crippen MR) is 106 cm³/mol. The molecular weight excluding hydrogens is 334 g/mol. The summed E-state index contributed by atoms with van der Waals surface area (Å²) >= 11 is 0. The van der Waals surface area contributed by atoms with Crippen molar-refractivity contribution in [2.24, 2.45) is 0 Å². The van der Waals surface area contributed by atoms with E-state index in [2.05, 4.69) is 41.7 Å². The number of hydrogen-bond acceptors (Lipinski definition) is 3. The average molecular weight is 355 g/mol. The first kappa shape index (κ1) is 17.1. The number of esters is 1. The van der Waals surface area contributed by atoms with Crippen molar-refractivity contribution in [3.63, 3.8) is 0 Å². The Morgan fingerprint density at radius 3 is 1.85 bits per heavy atom. The minimum Gasteiger partial charge on any atom is -0.456 e. The van der Waals surface area contributed by atoms with Gasteiger partial charge in [-0.3, -0.25) is 0 Å². The maximum atomic E-state index is 12.7. The van der Waals surface area contributed by atoms with Gasteiger partial charge in [-0.05, 0) is 16.7 Å². The van der Waals surface area contributed by atoms with Crippen molar-refractivity contribution < 1.29 is 9.53 Å². The van der Waals surface area contributed by atoms with Crippen molar-refractivity contribution in [3.05, 3.63) is 119 Å². The van der Waals surface area contributed by atoms with E-state index in [1.54, 1.807) is 0 Å². The van der Waals surface area contributed by atoms with Crippen LogP contribution < -0.4 is 5.32 Å². The van der Waals surface area contributed by atoms with Crippen LogP contribution in [0.1, 0.15) is 22.6 Å². The van der Waals surface area contributed by atoms with Crippen molar-refractivity contribution in [2.45, 2.75) is 12.5 Å². The van der Waals surface area contributed by atoms with Crippen LogP contribution in [0, 0.1) is 0 Å². The summed E-state index contributed by atoms with van der Waals surface area (Å²) in [6.07, 6.45) is 0. The van der Waals surface area contributed by atoms with E-state index < -0.39 is 0 Å². The van der Waals surface area contributed by atoms with E-state index in [1.165, 1.54) is 5.56 Å². The number of carbonyl (C=O) groups excluding carboxylic acids is 1. The van der Waals surface area contributed by atoms with Gasteiger partial charge in [0.2, 0.25) is 0 Å². The highest BCUT2D eigenvalue weighted by Crippen LogP contribution is 2.36. The van der Waals surface area contributed by atoms with Crippen LogP contribution in [0.2, 0.25) is 0 Å². The number of cyclic esters (lactones) is 1. The molecule has 0 saturated heterocycles. The first-order valence-corrected chi connectivity index (χ1v) is 9.11. The molecule has 1 aliphatic heterocycles. The number of ether oxygens (including phenoxy) is 1. The normalized spacial score (nSPS) is 13.7. The SMILES string of the molecule is O=C1OCC(NCc2ccccc2)=C1C(c1ccccc1)c1ccccc1. The predicted octanol–water partition coefficient (Wildman–Crippen LogP) is 4.42. The zero-order valence-corrected chi connectivity index (χ0v) is 15.0. The highest BCUT2D eigenvalue weighted by molar-refractivity contribution is 5.94. The van der Waals surface area contributed by atoms with Gasteiger partial charge in [-0.1, -0.05) is 91.0 Å². The van der Waals surface area contributed by atoms with Crippen LogP contribution in [0.4, 0.5) is 0 Å². The number of rotatable bonds is 6. The Labute approximate surface area is 159 Å². The molecule has 27 heavy (non-hydrogen) atoms. The molecule has 0 atom stereocenters. The van der Waals surface area contributed by atoms with E-state index in [0.717, 1.165) is 16.8 Å². The first-order chi connectivity index (χ1) is 13.3. The highest BCUT2D eigenvalue weighted by Gasteiger charge is 2.33. The van der Waals surface area contributed by atoms with Crippen LogP contribution in [0.25, 0.3) is 0 Å². The van der Waals surface area contributed by atoms with Crippen molar-refractivity contribution in [2.75, 3.05) is 6.61 Å². The molecule has 0 aliphatic carbocycles. The molecule has 1 heterocycles. The molecule has 0 fully saturated rings. The maximum absolute atomic E-state index is 12.7. The Bertz CT molecular complexity index is 894. The molecule has 0 spiro atoms. The van der Waals surface area contributed by atoms with E-state index in [1.807, 2.05) is 54.6 Å². The standard InChI is InChI=1S/C24H21NO2/c26-24-23(21(17-27-24)25-16-18-10-4-1-5-11-18)22(19-12-6-2-7-13-19)20-14-8-3-9-15-20/h1-15,22,25H,16-17H2. The number of carbonyl (C=O) groups is 1. The molecule has 134 valence electrons. The Hall–Kier alpha value is -3.33. The van der Waals surface area contributed by atoms with E-state index in [-0.39, 0.29) is 18.5 Å². The minimum absolute atomic E-state index is 0.152. The largest absolute Gasteiger partial charge is 0.456 e. The molecule has 0 radical (unpaired) electrons. The Morgan fingerprint density at radius 1 is 0.778 bits per heavy atom. The third kappa shape index (κ3) is 3.77. The van der Waals surface area contributed by atoms with Crippen molar-refractivity contribution in [1.82, 2.24) is 5.32 Å². The van der Waals surface area contributed by atoms with Gasteiger partial charge in [0, 0.05) is 12.5 Å². The lowest BCUT2D eigenvalue weighted by atomic mass is 9.84. The van der Waals surface area contributed by atoms with Crippen LogP contribution in [-0.2, 0) is 16.1 Å². The summed E-state index contributed by atoms with van der Waals surface area (Å²) in [7, 11) is 0. The smallest absolute Gasteiger partial charge is 0.337 e. The summed E-state index contributed by atoms with van der Waals surface area (Å²) < 4.78 is 5.41. The summed E-state index contributed by atoms with van der Waals surface area (Å²) in [5, 5.41) is 3.43. The molecule has 0 bridgehead atoms. The summed E-state index contributed by atoms with van der Waals surface area (Å²) in [4.78, 5) is 12.7. The third-order valence-electron chi connectivity index (χ3n) is 4.80. The third-order valence-corrected chi connectivity index (χ3v) is 4.80. The van der Waals surface area contributed by atoms with Crippen molar-refractivity contribution in [3.8, 4) is 0 Å². The second kappa shape index (κ2) is 7.92. The van der Waals surface area contributed by atoms with E-state index in [0.29, 0.717) is 12.1 Å². The summed E-state index contributed by atoms with van der Waals surface area (Å²) in [6.45, 7) is 0.948. The fourth-order valence-electron chi connectivity index (χ4n) is 3.48. The molecule has 1 aliphatic rings. The summed E-state index contributed by atoms with van der Waals surface area (Å²) in [5.74, 6) is -0.399. The van der Waals surface area contributed by atoms with Crippen LogP contribution in [0.15, 0.2) is 102 Å². The second-order valence-electron chi connectivity index (χ2n) is 6.56. The molecule has 3 nitrogen and oxygen atoms in total. The van der Waals surface area contributed by atoms with Gasteiger partial charge in [-0.25, -0.2) is 4.79 Å². The monoisotopic (exact) mass is 355 g/mol. The molecule has 0 unspecified atom stereocenters. The van der Waals surface area contributed by atoms with Gasteiger partial charge < -0.3 is 10.1 Å². The maximum Gasteiger partial charge on any atom is 0.337 e. The van der Waals surface area contributed by atoms with Gasteiger partial charge in [0.15, 0.2) is 0 Å². The fourth-order valence-corrected chi connectivity index (χ4v) is 3.48. The molecule has 3 heteroatoms. The lowest BCUT2D eigenvalue weighted by molar-refractivity contribution is -0.136. The van der Waals surface area contributed by atoms with E-state index >= 15 is 0 Å². The molecule has 4 rings (SSSR count). The molecule has 0 saturated carbocycles. The molecule has 0 aromatic heterocycles. The van der Waals surface area contributed by atoms with Gasteiger partial charge in [0.05, 0.1) is 11.3 Å². The van der Waals surface area contributed by atoms with Crippen LogP contribution >= 0.6 is 0 Å². The molecule has 3 aromatic rings. The van der Waals surface area contributed by atoms with Crippen molar-refractivity contribution in [1.29, 1.82) is 0 Å². The van der Waals surface area contributed by atoms with Gasteiger partial charge in [0.1, 0.15) is 6.61 Å². The average Bonchev–Trinajstić information content (AvgIpc) is 3.09. The molecule has 0 amide bonds. The van der Waals surface area contributed by atoms with Crippen LogP contribution in [0.5, 0.6) is 0 Å².